The van der Waals surface area contributed by atoms with Gasteiger partial charge in [-0.3, -0.25) is 4.79 Å². The van der Waals surface area contributed by atoms with E-state index in [0.29, 0.717) is 12.5 Å². The molecule has 1 aromatic carbocycles. The van der Waals surface area contributed by atoms with Gasteiger partial charge in [0.15, 0.2) is 0 Å². The van der Waals surface area contributed by atoms with Crippen molar-refractivity contribution in [2.45, 2.75) is 39.7 Å². The molecule has 0 aromatic heterocycles. The van der Waals surface area contributed by atoms with Crippen molar-refractivity contribution < 1.29 is 4.79 Å². The average molecular weight is 248 g/mol. The Bertz CT molecular complexity index is 388. The second kappa shape index (κ2) is 7.17. The minimum absolute atomic E-state index is 0.0442. The van der Waals surface area contributed by atoms with Gasteiger partial charge in [0.05, 0.1) is 6.04 Å². The molecule has 0 heterocycles. The van der Waals surface area contributed by atoms with E-state index >= 15 is 0 Å². The Balaban J connectivity index is 2.34. The van der Waals surface area contributed by atoms with Crippen LogP contribution in [0.1, 0.15) is 31.4 Å². The average Bonchev–Trinajstić information content (AvgIpc) is 2.30. The maximum atomic E-state index is 11.7. The second-order valence-corrected chi connectivity index (χ2v) is 5.20. The minimum atomic E-state index is -0.387. The Kier molecular flexibility index (Phi) is 5.86. The molecule has 1 rings (SSSR count). The monoisotopic (exact) mass is 248 g/mol. The number of nitrogens with two attached hydrogens (primary N) is 1. The third-order valence-electron chi connectivity index (χ3n) is 3.02. The van der Waals surface area contributed by atoms with Crippen LogP contribution >= 0.6 is 0 Å². The fourth-order valence-corrected chi connectivity index (χ4v) is 1.96. The molecule has 0 radical (unpaired) electrons. The lowest BCUT2D eigenvalue weighted by Gasteiger charge is -2.14. The van der Waals surface area contributed by atoms with E-state index in [1.165, 1.54) is 11.1 Å². The van der Waals surface area contributed by atoms with Crippen LogP contribution in [0.4, 0.5) is 0 Å². The molecule has 1 atom stereocenters. The minimum Gasteiger partial charge on any atom is -0.354 e. The number of nitrogens with one attached hydrogen (secondary N) is 1. The Hall–Kier alpha value is -1.35. The van der Waals surface area contributed by atoms with Crippen LogP contribution < -0.4 is 11.1 Å². The van der Waals surface area contributed by atoms with Gasteiger partial charge in [-0.15, -0.1) is 0 Å². The summed E-state index contributed by atoms with van der Waals surface area (Å²) in [7, 11) is 0. The zero-order valence-electron chi connectivity index (χ0n) is 11.6. The number of hydrogen-bond acceptors (Lipinski definition) is 2. The van der Waals surface area contributed by atoms with Gasteiger partial charge in [0, 0.05) is 6.54 Å². The molecule has 100 valence electrons. The summed E-state index contributed by atoms with van der Waals surface area (Å²) in [4.78, 5) is 11.7. The van der Waals surface area contributed by atoms with Crippen molar-refractivity contribution in [2.24, 2.45) is 11.7 Å². The summed E-state index contributed by atoms with van der Waals surface area (Å²) in [6, 6.07) is 7.84. The summed E-state index contributed by atoms with van der Waals surface area (Å²) in [5, 5.41) is 2.90. The second-order valence-electron chi connectivity index (χ2n) is 5.20. The van der Waals surface area contributed by atoms with Gasteiger partial charge in [0.2, 0.25) is 5.91 Å². The smallest absolute Gasteiger partial charge is 0.236 e. The number of carbonyl (C=O) groups excluding carboxylic acids is 1. The Morgan fingerprint density at radius 3 is 2.61 bits per heavy atom. The summed E-state index contributed by atoms with van der Waals surface area (Å²) in [5.74, 6) is 0.402. The highest BCUT2D eigenvalue weighted by Gasteiger charge is 2.14. The highest BCUT2D eigenvalue weighted by Crippen LogP contribution is 2.07. The predicted molar refractivity (Wildman–Crippen MR) is 75.3 cm³/mol. The molecule has 0 spiro atoms. The molecule has 0 unspecified atom stereocenters. The van der Waals surface area contributed by atoms with Gasteiger partial charge in [-0.1, -0.05) is 38.1 Å². The first-order valence-corrected chi connectivity index (χ1v) is 6.58. The van der Waals surface area contributed by atoms with Crippen molar-refractivity contribution in [3.05, 3.63) is 35.4 Å². The zero-order chi connectivity index (χ0) is 13.5. The van der Waals surface area contributed by atoms with Crippen molar-refractivity contribution in [3.63, 3.8) is 0 Å². The number of rotatable bonds is 6. The number of aryl methyl sites for hydroxylation is 1. The lowest BCUT2D eigenvalue weighted by Crippen LogP contribution is -2.42. The predicted octanol–water partition coefficient (Wildman–Crippen LogP) is 2.03. The topological polar surface area (TPSA) is 55.1 Å². The first-order chi connectivity index (χ1) is 8.50. The van der Waals surface area contributed by atoms with Gasteiger partial charge >= 0.3 is 0 Å². The third kappa shape index (κ3) is 4.88. The lowest BCUT2D eigenvalue weighted by atomic mass is 10.0. The Morgan fingerprint density at radius 2 is 2.00 bits per heavy atom. The van der Waals surface area contributed by atoms with E-state index in [9.17, 15) is 4.79 Å². The first kappa shape index (κ1) is 14.7. The molecule has 3 nitrogen and oxygen atoms in total. The summed E-state index contributed by atoms with van der Waals surface area (Å²) in [6.07, 6.45) is 1.59. The molecule has 0 saturated carbocycles. The molecule has 0 fully saturated rings. The van der Waals surface area contributed by atoms with Gasteiger partial charge in [-0.2, -0.15) is 0 Å². The van der Waals surface area contributed by atoms with E-state index in [1.54, 1.807) is 0 Å². The highest BCUT2D eigenvalue weighted by atomic mass is 16.2. The maximum absolute atomic E-state index is 11.7. The number of carbonyl (C=O) groups is 1. The number of hydrogen-bond donors (Lipinski definition) is 2. The molecular formula is C15H24N2O. The molecule has 3 N–H and O–H groups in total. The molecule has 18 heavy (non-hydrogen) atoms. The van der Waals surface area contributed by atoms with Crippen molar-refractivity contribution in [2.75, 3.05) is 6.54 Å². The van der Waals surface area contributed by atoms with Gasteiger partial charge in [-0.05, 0) is 36.8 Å². The van der Waals surface area contributed by atoms with Crippen LogP contribution in [0.15, 0.2) is 24.3 Å². The zero-order valence-corrected chi connectivity index (χ0v) is 11.6. The van der Waals surface area contributed by atoms with Crippen LogP contribution in [-0.4, -0.2) is 18.5 Å². The third-order valence-corrected chi connectivity index (χ3v) is 3.02. The van der Waals surface area contributed by atoms with Gasteiger partial charge < -0.3 is 11.1 Å². The Labute approximate surface area is 110 Å². The Morgan fingerprint density at radius 1 is 1.33 bits per heavy atom. The summed E-state index contributed by atoms with van der Waals surface area (Å²) in [6.45, 7) is 6.87. The fraction of sp³-hybridized carbons (Fsp3) is 0.533. The SMILES string of the molecule is Cc1ccccc1CCNC(=O)[C@H](N)CC(C)C. The van der Waals surface area contributed by atoms with E-state index < -0.39 is 0 Å². The number of benzene rings is 1. The van der Waals surface area contributed by atoms with E-state index in [2.05, 4.69) is 38.2 Å². The first-order valence-electron chi connectivity index (χ1n) is 6.58. The van der Waals surface area contributed by atoms with E-state index in [4.69, 9.17) is 5.73 Å². The van der Waals surface area contributed by atoms with Crippen LogP contribution in [0.5, 0.6) is 0 Å². The molecule has 0 aliphatic heterocycles. The van der Waals surface area contributed by atoms with Gasteiger partial charge in [-0.25, -0.2) is 0 Å². The largest absolute Gasteiger partial charge is 0.354 e. The van der Waals surface area contributed by atoms with Crippen molar-refractivity contribution in [1.82, 2.24) is 5.32 Å². The number of amides is 1. The van der Waals surface area contributed by atoms with Crippen molar-refractivity contribution in [1.29, 1.82) is 0 Å². The van der Waals surface area contributed by atoms with Crippen LogP contribution in [0.2, 0.25) is 0 Å². The quantitative estimate of drug-likeness (QED) is 0.809. The summed E-state index contributed by atoms with van der Waals surface area (Å²) >= 11 is 0. The van der Waals surface area contributed by atoms with Crippen molar-refractivity contribution in [3.8, 4) is 0 Å². The van der Waals surface area contributed by atoms with Crippen LogP contribution in [0.3, 0.4) is 0 Å². The molecule has 0 bridgehead atoms. The molecule has 3 heteroatoms. The van der Waals surface area contributed by atoms with E-state index in [-0.39, 0.29) is 11.9 Å². The summed E-state index contributed by atoms with van der Waals surface area (Å²) in [5.41, 5.74) is 8.35. The normalized spacial score (nSPS) is 12.5. The van der Waals surface area contributed by atoms with Crippen LogP contribution in [-0.2, 0) is 11.2 Å². The standard InChI is InChI=1S/C15H24N2O/c1-11(2)10-14(16)15(18)17-9-8-13-7-5-4-6-12(13)3/h4-7,11,14H,8-10,16H2,1-3H3,(H,17,18)/t14-/m1/s1. The molecule has 1 aromatic rings. The van der Waals surface area contributed by atoms with E-state index in [0.717, 1.165) is 12.8 Å². The highest BCUT2D eigenvalue weighted by molar-refractivity contribution is 5.81. The maximum Gasteiger partial charge on any atom is 0.236 e. The summed E-state index contributed by atoms with van der Waals surface area (Å²) < 4.78 is 0. The van der Waals surface area contributed by atoms with Crippen LogP contribution in [0, 0.1) is 12.8 Å². The van der Waals surface area contributed by atoms with Crippen LogP contribution in [0.25, 0.3) is 0 Å². The molecular weight excluding hydrogens is 224 g/mol. The van der Waals surface area contributed by atoms with Crippen molar-refractivity contribution >= 4 is 5.91 Å². The molecule has 0 saturated heterocycles. The lowest BCUT2D eigenvalue weighted by molar-refractivity contribution is -0.122. The molecule has 0 aliphatic rings. The van der Waals surface area contributed by atoms with E-state index in [1.807, 2.05) is 12.1 Å². The van der Waals surface area contributed by atoms with Gasteiger partial charge in [0.1, 0.15) is 0 Å². The molecule has 0 aliphatic carbocycles. The van der Waals surface area contributed by atoms with Gasteiger partial charge in [0.25, 0.3) is 0 Å². The fourth-order valence-electron chi connectivity index (χ4n) is 1.96. The molecule has 1 amide bonds.